The van der Waals surface area contributed by atoms with Crippen molar-refractivity contribution < 1.29 is 18.5 Å². The van der Waals surface area contributed by atoms with Gasteiger partial charge in [0.15, 0.2) is 0 Å². The second kappa shape index (κ2) is 4.42. The van der Waals surface area contributed by atoms with Crippen molar-refractivity contribution in [2.45, 2.75) is 6.92 Å². The van der Waals surface area contributed by atoms with Crippen LogP contribution in [0.2, 0.25) is 0 Å². The van der Waals surface area contributed by atoms with Gasteiger partial charge in [0, 0.05) is 0 Å². The molecule has 1 rings (SSSR count). The van der Waals surface area contributed by atoms with E-state index in [-0.39, 0.29) is 12.4 Å². The smallest absolute Gasteiger partial charge is 0.319 e. The molecular weight excluding hydrogens is 191 g/mol. The fourth-order valence-corrected chi connectivity index (χ4v) is 1.54. The van der Waals surface area contributed by atoms with E-state index in [1.165, 1.54) is 0 Å². The average Bonchev–Trinajstić information content (AvgIpc) is 2.04. The fourth-order valence-electron chi connectivity index (χ4n) is 0.795. The predicted molar refractivity (Wildman–Crippen MR) is 46.3 cm³/mol. The third-order valence-electron chi connectivity index (χ3n) is 1.25. The van der Waals surface area contributed by atoms with Gasteiger partial charge in [-0.2, -0.15) is 0 Å². The van der Waals surface area contributed by atoms with Crippen LogP contribution in [0, 0.1) is 0 Å². The Labute approximate surface area is 76.7 Å². The van der Waals surface area contributed by atoms with E-state index in [4.69, 9.17) is 0 Å². The Morgan fingerprint density at radius 3 is 2.54 bits per heavy atom. The van der Waals surface area contributed by atoms with Gasteiger partial charge in [-0.25, -0.2) is 0 Å². The molecule has 0 heterocycles. The van der Waals surface area contributed by atoms with Crippen LogP contribution in [0.1, 0.15) is 6.92 Å². The van der Waals surface area contributed by atoms with Crippen LogP contribution in [-0.4, -0.2) is 6.61 Å². The van der Waals surface area contributed by atoms with E-state index >= 15 is 0 Å². The lowest BCUT2D eigenvalue weighted by Gasteiger charge is -2.22. The van der Waals surface area contributed by atoms with Crippen LogP contribution in [0.15, 0.2) is 30.3 Å². The van der Waals surface area contributed by atoms with Gasteiger partial charge in [-0.05, 0) is 19.1 Å². The van der Waals surface area contributed by atoms with Gasteiger partial charge in [0.05, 0.1) is 6.61 Å². The summed E-state index contributed by atoms with van der Waals surface area (Å²) in [7, 11) is -4.16. The Morgan fingerprint density at radius 2 is 2.00 bits per heavy atom. The van der Waals surface area contributed by atoms with Crippen LogP contribution in [0.4, 0.5) is 0 Å². The molecule has 0 aliphatic carbocycles. The molecule has 0 fully saturated rings. The highest BCUT2D eigenvalue weighted by molar-refractivity contribution is 7.46. The van der Waals surface area contributed by atoms with E-state index in [0.717, 1.165) is 0 Å². The van der Waals surface area contributed by atoms with E-state index in [9.17, 15) is 9.46 Å². The summed E-state index contributed by atoms with van der Waals surface area (Å²) < 4.78 is 20.0. The van der Waals surface area contributed by atoms with Gasteiger partial charge in [0.2, 0.25) is 0 Å². The maximum atomic E-state index is 11.0. The summed E-state index contributed by atoms with van der Waals surface area (Å²) in [5.74, 6) is 0.259. The molecule has 0 N–H and O–H groups in total. The second-order valence-corrected chi connectivity index (χ2v) is 3.60. The van der Waals surface area contributed by atoms with Crippen molar-refractivity contribution >= 4 is 7.82 Å². The molecule has 13 heavy (non-hydrogen) atoms. The second-order valence-electron chi connectivity index (χ2n) is 2.27. The highest BCUT2D eigenvalue weighted by atomic mass is 31.2. The van der Waals surface area contributed by atoms with Gasteiger partial charge in [-0.1, -0.05) is 18.2 Å². The third-order valence-corrected chi connectivity index (χ3v) is 2.26. The van der Waals surface area contributed by atoms with E-state index in [0.29, 0.717) is 0 Å². The van der Waals surface area contributed by atoms with Crippen molar-refractivity contribution in [2.24, 2.45) is 0 Å². The van der Waals surface area contributed by atoms with Gasteiger partial charge < -0.3 is 13.9 Å². The molecule has 0 bridgehead atoms. The maximum absolute atomic E-state index is 11.0. The summed E-state index contributed by atoms with van der Waals surface area (Å²) in [6, 6.07) is 8.22. The Kier molecular flexibility index (Phi) is 3.48. The SMILES string of the molecule is CCOP(=O)([O-])Oc1ccccc1. The van der Waals surface area contributed by atoms with Gasteiger partial charge in [0.25, 0.3) is 0 Å². The molecule has 1 unspecified atom stereocenters. The molecule has 1 aromatic carbocycles. The molecule has 72 valence electrons. The van der Waals surface area contributed by atoms with Crippen LogP contribution in [0.5, 0.6) is 5.75 Å². The first kappa shape index (κ1) is 10.3. The molecule has 1 aromatic rings. The minimum atomic E-state index is -4.16. The lowest BCUT2D eigenvalue weighted by Crippen LogP contribution is -2.10. The number of hydrogen-bond donors (Lipinski definition) is 0. The number of benzene rings is 1. The zero-order chi connectivity index (χ0) is 9.73. The summed E-state index contributed by atoms with van der Waals surface area (Å²) in [4.78, 5) is 11.0. The molecule has 4 nitrogen and oxygen atoms in total. The van der Waals surface area contributed by atoms with Gasteiger partial charge in [-0.3, -0.25) is 4.57 Å². The van der Waals surface area contributed by atoms with Crippen molar-refractivity contribution in [3.8, 4) is 5.75 Å². The topological polar surface area (TPSA) is 58.6 Å². The normalized spacial score (nSPS) is 14.9. The molecule has 0 saturated carbocycles. The molecular formula is C8H10O4P-. The van der Waals surface area contributed by atoms with Gasteiger partial charge >= 0.3 is 7.82 Å². The minimum absolute atomic E-state index is 0.0770. The van der Waals surface area contributed by atoms with Crippen LogP contribution < -0.4 is 9.42 Å². The van der Waals surface area contributed by atoms with E-state index in [1.54, 1.807) is 37.3 Å². The number of phosphoric acid groups is 1. The zero-order valence-corrected chi connectivity index (χ0v) is 8.07. The predicted octanol–water partition coefficient (Wildman–Crippen LogP) is 1.57. The molecule has 0 aliphatic heterocycles. The summed E-state index contributed by atoms with van der Waals surface area (Å²) in [5.41, 5.74) is 0. The summed E-state index contributed by atoms with van der Waals surface area (Å²) in [6.07, 6.45) is 0. The Balaban J connectivity index is 2.64. The van der Waals surface area contributed by atoms with Crippen LogP contribution in [-0.2, 0) is 9.09 Å². The van der Waals surface area contributed by atoms with E-state index in [2.05, 4.69) is 9.05 Å². The lowest BCUT2D eigenvalue weighted by atomic mass is 10.3. The summed E-state index contributed by atoms with van der Waals surface area (Å²) in [5, 5.41) is 0. The number of phosphoric ester groups is 1. The van der Waals surface area contributed by atoms with E-state index in [1.807, 2.05) is 0 Å². The molecule has 0 spiro atoms. The standard InChI is InChI=1S/C8H11O4P/c1-2-11-13(9,10)12-8-6-4-3-5-7-8/h3-7H,2H2,1H3,(H,9,10)/p-1. The number of hydrogen-bond acceptors (Lipinski definition) is 4. The summed E-state index contributed by atoms with van der Waals surface area (Å²) >= 11 is 0. The van der Waals surface area contributed by atoms with Crippen LogP contribution in [0.25, 0.3) is 0 Å². The molecule has 1 atom stereocenters. The van der Waals surface area contributed by atoms with Crippen molar-refractivity contribution in [3.63, 3.8) is 0 Å². The molecule has 5 heteroatoms. The lowest BCUT2D eigenvalue weighted by molar-refractivity contribution is -0.216. The van der Waals surface area contributed by atoms with E-state index < -0.39 is 7.82 Å². The maximum Gasteiger partial charge on any atom is 0.319 e. The summed E-state index contributed by atoms with van der Waals surface area (Å²) in [6.45, 7) is 1.66. The molecule has 0 radical (unpaired) electrons. The minimum Gasteiger partial charge on any atom is -0.746 e. The van der Waals surface area contributed by atoms with Crippen LogP contribution in [0.3, 0.4) is 0 Å². The van der Waals surface area contributed by atoms with Gasteiger partial charge in [-0.15, -0.1) is 0 Å². The first-order chi connectivity index (χ1) is 6.14. The largest absolute Gasteiger partial charge is 0.746 e. The van der Waals surface area contributed by atoms with Crippen molar-refractivity contribution in [1.29, 1.82) is 0 Å². The highest BCUT2D eigenvalue weighted by Crippen LogP contribution is 2.38. The monoisotopic (exact) mass is 201 g/mol. The van der Waals surface area contributed by atoms with Crippen molar-refractivity contribution in [2.75, 3.05) is 6.61 Å². The van der Waals surface area contributed by atoms with Gasteiger partial charge in [0.1, 0.15) is 5.75 Å². The first-order valence-electron chi connectivity index (χ1n) is 3.84. The zero-order valence-electron chi connectivity index (χ0n) is 7.17. The fraction of sp³-hybridized carbons (Fsp3) is 0.250. The van der Waals surface area contributed by atoms with Crippen molar-refractivity contribution in [1.82, 2.24) is 0 Å². The highest BCUT2D eigenvalue weighted by Gasteiger charge is 2.08. The average molecular weight is 201 g/mol. The first-order valence-corrected chi connectivity index (χ1v) is 5.30. The van der Waals surface area contributed by atoms with Crippen LogP contribution >= 0.6 is 7.82 Å². The van der Waals surface area contributed by atoms with Crippen molar-refractivity contribution in [3.05, 3.63) is 30.3 Å². The molecule has 0 amide bonds. The Hall–Kier alpha value is -0.830. The molecule has 0 aliphatic rings. The third kappa shape index (κ3) is 3.59. The Bertz CT molecular complexity index is 298. The number of rotatable bonds is 4. The molecule has 0 aromatic heterocycles. The molecule has 0 saturated heterocycles. The quantitative estimate of drug-likeness (QED) is 0.693. The number of para-hydroxylation sites is 1. The Morgan fingerprint density at radius 1 is 1.38 bits per heavy atom.